The summed E-state index contributed by atoms with van der Waals surface area (Å²) in [5.74, 6) is 0. The number of hydrogen-bond donors (Lipinski definition) is 0. The standard InChI is InChI=1S/C37H8F9N9/c1-16-24(12-52)31(21(11-51)6-28(16)37(44,45)46)27(15-55)34-32(25(13-53)29-17(7-47)2-22(35(38,39)40)3-18(29)8-48)33(34)26(14-54)30-19(9-49)4-23(36(41,42)43)5-20(30)10-50/h2-6H,1H3. The Hall–Kier alpha value is -8.34. The van der Waals surface area contributed by atoms with E-state index in [1.54, 1.807) is 18.2 Å². The lowest BCUT2D eigenvalue weighted by Gasteiger charge is -2.15. The van der Waals surface area contributed by atoms with Crippen molar-refractivity contribution in [3.05, 3.63) is 119 Å². The number of halogens is 9. The summed E-state index contributed by atoms with van der Waals surface area (Å²) in [5.41, 5.74) is -18.5. The van der Waals surface area contributed by atoms with Crippen LogP contribution in [0.5, 0.6) is 0 Å². The van der Waals surface area contributed by atoms with Crippen molar-refractivity contribution >= 4 is 16.7 Å². The van der Waals surface area contributed by atoms with Crippen LogP contribution in [0.25, 0.3) is 16.7 Å². The van der Waals surface area contributed by atoms with E-state index in [1.807, 2.05) is 0 Å². The van der Waals surface area contributed by atoms with Gasteiger partial charge in [-0.15, -0.1) is 0 Å². The molecule has 1 aliphatic rings. The van der Waals surface area contributed by atoms with Crippen LogP contribution >= 0.6 is 0 Å². The van der Waals surface area contributed by atoms with Gasteiger partial charge in [-0.1, -0.05) is 0 Å². The van der Waals surface area contributed by atoms with E-state index in [2.05, 4.69) is 0 Å². The van der Waals surface area contributed by atoms with Crippen molar-refractivity contribution in [2.75, 3.05) is 0 Å². The van der Waals surface area contributed by atoms with Gasteiger partial charge >= 0.3 is 18.5 Å². The fraction of sp³-hybridized carbons (Fsp3) is 0.108. The second kappa shape index (κ2) is 14.0. The average Bonchev–Trinajstić information content (AvgIpc) is 3.84. The quantitative estimate of drug-likeness (QED) is 0.185. The minimum atomic E-state index is -5.15. The van der Waals surface area contributed by atoms with E-state index in [9.17, 15) is 86.9 Å². The summed E-state index contributed by atoms with van der Waals surface area (Å²) in [6.45, 7) is 0.814. The number of benzene rings is 3. The van der Waals surface area contributed by atoms with Crippen molar-refractivity contribution in [2.24, 2.45) is 0 Å². The van der Waals surface area contributed by atoms with Crippen LogP contribution in [0, 0.1) is 109 Å². The number of nitrogens with zero attached hydrogens (tertiary/aromatic N) is 9. The van der Waals surface area contributed by atoms with Gasteiger partial charge in [0, 0.05) is 33.4 Å². The second-order valence-electron chi connectivity index (χ2n) is 11.0. The number of hydrogen-bond acceptors (Lipinski definition) is 9. The fourth-order valence-corrected chi connectivity index (χ4v) is 5.71. The first-order chi connectivity index (χ1) is 25.7. The van der Waals surface area contributed by atoms with Gasteiger partial charge in [-0.3, -0.25) is 0 Å². The number of nitriles is 9. The molecular weight excluding hydrogens is 741 g/mol. The summed E-state index contributed by atoms with van der Waals surface area (Å²) < 4.78 is 124. The molecule has 0 spiro atoms. The monoisotopic (exact) mass is 749 g/mol. The van der Waals surface area contributed by atoms with Crippen molar-refractivity contribution in [1.82, 2.24) is 0 Å². The molecule has 4 rings (SSSR count). The van der Waals surface area contributed by atoms with Crippen LogP contribution < -0.4 is 0 Å². The average molecular weight is 750 g/mol. The molecule has 0 radical (unpaired) electrons. The lowest BCUT2D eigenvalue weighted by molar-refractivity contribution is -0.138. The van der Waals surface area contributed by atoms with Crippen LogP contribution in [0.15, 0.2) is 47.1 Å². The van der Waals surface area contributed by atoms with E-state index < -0.39 is 124 Å². The molecule has 1 fully saturated rings. The zero-order chi connectivity index (χ0) is 41.4. The molecule has 18 heteroatoms. The van der Waals surface area contributed by atoms with E-state index in [1.165, 1.54) is 36.4 Å². The molecule has 0 saturated heterocycles. The molecule has 0 unspecified atom stereocenters. The fourth-order valence-electron chi connectivity index (χ4n) is 5.71. The molecule has 0 aliphatic heterocycles. The Labute approximate surface area is 302 Å². The van der Waals surface area contributed by atoms with Gasteiger partial charge in [-0.2, -0.15) is 86.9 Å². The molecular formula is C37H8F9N9. The summed E-state index contributed by atoms with van der Waals surface area (Å²) in [6.07, 6.45) is -15.4. The predicted molar refractivity (Wildman–Crippen MR) is 165 cm³/mol. The van der Waals surface area contributed by atoms with Gasteiger partial charge in [-0.05, 0) is 42.8 Å². The van der Waals surface area contributed by atoms with Crippen LogP contribution in [0.4, 0.5) is 39.5 Å². The lowest BCUT2D eigenvalue weighted by atomic mass is 9.88. The normalized spacial score (nSPS) is 13.9. The van der Waals surface area contributed by atoms with E-state index >= 15 is 0 Å². The van der Waals surface area contributed by atoms with Crippen molar-refractivity contribution in [2.45, 2.75) is 25.5 Å². The summed E-state index contributed by atoms with van der Waals surface area (Å²) >= 11 is 0. The molecule has 0 amide bonds. The third-order valence-corrected chi connectivity index (χ3v) is 8.06. The summed E-state index contributed by atoms with van der Waals surface area (Å²) in [5, 5.41) is 90.6. The van der Waals surface area contributed by atoms with Gasteiger partial charge in [-0.25, -0.2) is 0 Å². The molecule has 0 atom stereocenters. The molecule has 0 heterocycles. The van der Waals surface area contributed by atoms with Gasteiger partial charge in [0.1, 0.15) is 24.3 Å². The molecule has 9 nitrogen and oxygen atoms in total. The summed E-state index contributed by atoms with van der Waals surface area (Å²) in [4.78, 5) is 0. The van der Waals surface area contributed by atoms with Crippen molar-refractivity contribution in [1.29, 1.82) is 47.4 Å². The Morgan fingerprint density at radius 1 is 0.418 bits per heavy atom. The van der Waals surface area contributed by atoms with Crippen LogP contribution in [0.2, 0.25) is 0 Å². The third kappa shape index (κ3) is 6.74. The Kier molecular flexibility index (Phi) is 10.0. The molecule has 1 saturated carbocycles. The molecule has 3 aromatic carbocycles. The molecule has 0 bridgehead atoms. The van der Waals surface area contributed by atoms with Crippen LogP contribution in [0.3, 0.4) is 0 Å². The Bertz CT molecular complexity index is 2570. The maximum Gasteiger partial charge on any atom is 0.416 e. The van der Waals surface area contributed by atoms with Crippen LogP contribution in [0.1, 0.15) is 72.3 Å². The van der Waals surface area contributed by atoms with Gasteiger partial charge in [0.15, 0.2) is 0 Å². The molecule has 55 heavy (non-hydrogen) atoms. The first-order valence-corrected chi connectivity index (χ1v) is 14.4. The second-order valence-corrected chi connectivity index (χ2v) is 11.0. The van der Waals surface area contributed by atoms with Crippen LogP contribution in [-0.2, 0) is 18.5 Å². The van der Waals surface area contributed by atoms with Gasteiger partial charge < -0.3 is 0 Å². The summed E-state index contributed by atoms with van der Waals surface area (Å²) in [6, 6.07) is 14.4. The van der Waals surface area contributed by atoms with E-state index in [0.717, 1.165) is 6.92 Å². The van der Waals surface area contributed by atoms with E-state index in [0.29, 0.717) is 0 Å². The third-order valence-electron chi connectivity index (χ3n) is 8.06. The minimum Gasteiger partial charge on any atom is -0.192 e. The minimum absolute atomic E-state index is 0.248. The lowest BCUT2D eigenvalue weighted by Crippen LogP contribution is -2.11. The highest BCUT2D eigenvalue weighted by Gasteiger charge is 2.45. The zero-order valence-electron chi connectivity index (χ0n) is 26.8. The summed E-state index contributed by atoms with van der Waals surface area (Å²) in [7, 11) is 0. The van der Waals surface area contributed by atoms with Crippen molar-refractivity contribution in [3.8, 4) is 54.6 Å². The first kappa shape index (κ1) is 39.4. The molecule has 264 valence electrons. The van der Waals surface area contributed by atoms with Crippen LogP contribution in [-0.4, -0.2) is 0 Å². The van der Waals surface area contributed by atoms with E-state index in [-0.39, 0.29) is 30.3 Å². The topological polar surface area (TPSA) is 214 Å². The molecule has 3 aromatic rings. The van der Waals surface area contributed by atoms with Gasteiger partial charge in [0.2, 0.25) is 0 Å². The predicted octanol–water partition coefficient (Wildman–Crippen LogP) is 8.53. The maximum atomic E-state index is 13.9. The van der Waals surface area contributed by atoms with Gasteiger partial charge in [0.25, 0.3) is 0 Å². The zero-order valence-corrected chi connectivity index (χ0v) is 26.8. The Morgan fingerprint density at radius 2 is 0.709 bits per heavy atom. The van der Waals surface area contributed by atoms with E-state index in [4.69, 9.17) is 0 Å². The number of rotatable bonds is 3. The molecule has 0 N–H and O–H groups in total. The smallest absolute Gasteiger partial charge is 0.192 e. The molecule has 0 aromatic heterocycles. The maximum absolute atomic E-state index is 13.9. The Balaban J connectivity index is 2.42. The highest BCUT2D eigenvalue weighted by Crippen LogP contribution is 2.58. The highest BCUT2D eigenvalue weighted by molar-refractivity contribution is 6.14. The Morgan fingerprint density at radius 3 is 0.945 bits per heavy atom. The largest absolute Gasteiger partial charge is 0.416 e. The number of alkyl halides is 9. The molecule has 1 aliphatic carbocycles. The van der Waals surface area contributed by atoms with Crippen molar-refractivity contribution < 1.29 is 39.5 Å². The van der Waals surface area contributed by atoms with Crippen molar-refractivity contribution in [3.63, 3.8) is 0 Å². The first-order valence-electron chi connectivity index (χ1n) is 14.4. The number of allylic oxidation sites excluding steroid dienone is 6. The van der Waals surface area contributed by atoms with Gasteiger partial charge in [0.05, 0.1) is 97.1 Å². The highest BCUT2D eigenvalue weighted by atomic mass is 19.4. The SMILES string of the molecule is Cc1c(C(F)(F)F)cc(C#N)c(C(C#N)=C2C(=C(C#N)c3c(C#N)cc(C(F)(F)F)cc3C#N)C2=C(C#N)c2c(C#N)cc(C(F)(F)F)cc2C#N)c1C#N.